The normalized spacial score (nSPS) is 10.1. The van der Waals surface area contributed by atoms with E-state index in [-0.39, 0.29) is 18.4 Å². The molecule has 2 rings (SSSR count). The number of rotatable bonds is 5. The monoisotopic (exact) mass is 272 g/mol. The number of nitrogens with zero attached hydrogens (tertiary/aromatic N) is 2. The molecule has 1 aromatic carbocycles. The molecule has 0 aliphatic carbocycles. The first-order valence-corrected chi connectivity index (χ1v) is 6.24. The molecule has 0 saturated carbocycles. The van der Waals surface area contributed by atoms with E-state index >= 15 is 0 Å². The maximum absolute atomic E-state index is 11.8. The first kappa shape index (κ1) is 13.8. The third-order valence-electron chi connectivity index (χ3n) is 2.81. The number of benzene rings is 1. The summed E-state index contributed by atoms with van der Waals surface area (Å²) in [5, 5.41) is 9.11. The van der Waals surface area contributed by atoms with E-state index in [0.717, 1.165) is 5.56 Å². The van der Waals surface area contributed by atoms with E-state index in [4.69, 9.17) is 0 Å². The Hall–Kier alpha value is -2.63. The molecule has 104 valence electrons. The number of likely N-dealkylation sites (N-methyl/N-ethyl adjacent to an activating group) is 1. The minimum Gasteiger partial charge on any atom is -0.358 e. The van der Waals surface area contributed by atoms with E-state index in [1.54, 1.807) is 23.0 Å². The van der Waals surface area contributed by atoms with Gasteiger partial charge in [-0.15, -0.1) is 0 Å². The van der Waals surface area contributed by atoms with Crippen LogP contribution in [-0.2, 0) is 11.3 Å². The zero-order valence-corrected chi connectivity index (χ0v) is 11.2. The van der Waals surface area contributed by atoms with Gasteiger partial charge in [-0.2, -0.15) is 5.10 Å². The fourth-order valence-electron chi connectivity index (χ4n) is 1.69. The van der Waals surface area contributed by atoms with E-state index < -0.39 is 0 Å². The summed E-state index contributed by atoms with van der Waals surface area (Å²) in [4.78, 5) is 22.8. The molecule has 0 bridgehead atoms. The van der Waals surface area contributed by atoms with Gasteiger partial charge in [-0.25, -0.2) is 0 Å². The summed E-state index contributed by atoms with van der Waals surface area (Å²) in [6, 6.07) is 9.07. The molecule has 0 radical (unpaired) electrons. The van der Waals surface area contributed by atoms with Crippen molar-refractivity contribution in [3.05, 3.63) is 53.9 Å². The van der Waals surface area contributed by atoms with Crippen molar-refractivity contribution in [2.24, 2.45) is 0 Å². The van der Waals surface area contributed by atoms with Crippen molar-refractivity contribution in [2.45, 2.75) is 6.54 Å². The second-order valence-electron chi connectivity index (χ2n) is 4.26. The van der Waals surface area contributed by atoms with Crippen molar-refractivity contribution in [1.29, 1.82) is 0 Å². The molecule has 1 aromatic heterocycles. The predicted molar refractivity (Wildman–Crippen MR) is 74.2 cm³/mol. The molecule has 0 fully saturated rings. The van der Waals surface area contributed by atoms with Crippen molar-refractivity contribution in [3.8, 4) is 0 Å². The van der Waals surface area contributed by atoms with Crippen LogP contribution < -0.4 is 10.6 Å². The number of amides is 2. The summed E-state index contributed by atoms with van der Waals surface area (Å²) in [6.07, 6.45) is 3.60. The number of carbonyl (C=O) groups excluding carboxylic acids is 2. The molecule has 1 heterocycles. The molecule has 6 nitrogen and oxygen atoms in total. The molecule has 2 aromatic rings. The highest BCUT2D eigenvalue weighted by Crippen LogP contribution is 2.06. The molecule has 0 spiro atoms. The number of hydrogen-bond acceptors (Lipinski definition) is 3. The standard InChI is InChI=1S/C14H16N4O2/c1-15-13(19)9-16-14(20)12-5-3-11(4-6-12)10-18-8-2-7-17-18/h2-8H,9-10H2,1H3,(H,15,19)(H,16,20). The van der Waals surface area contributed by atoms with Gasteiger partial charge in [0.1, 0.15) is 0 Å². The van der Waals surface area contributed by atoms with Gasteiger partial charge >= 0.3 is 0 Å². The fraction of sp³-hybridized carbons (Fsp3) is 0.214. The lowest BCUT2D eigenvalue weighted by Crippen LogP contribution is -2.35. The van der Waals surface area contributed by atoms with E-state index in [2.05, 4.69) is 15.7 Å². The Bertz CT molecular complexity index is 576. The minimum atomic E-state index is -0.265. The Kier molecular flexibility index (Phi) is 4.49. The molecule has 0 atom stereocenters. The van der Waals surface area contributed by atoms with Crippen molar-refractivity contribution >= 4 is 11.8 Å². The van der Waals surface area contributed by atoms with Crippen LogP contribution >= 0.6 is 0 Å². The minimum absolute atomic E-state index is 0.0234. The summed E-state index contributed by atoms with van der Waals surface area (Å²) in [7, 11) is 1.53. The van der Waals surface area contributed by atoms with Gasteiger partial charge < -0.3 is 10.6 Å². The molecule has 0 aliphatic heterocycles. The highest BCUT2D eigenvalue weighted by atomic mass is 16.2. The maximum Gasteiger partial charge on any atom is 0.251 e. The second-order valence-corrected chi connectivity index (χ2v) is 4.26. The zero-order chi connectivity index (χ0) is 14.4. The highest BCUT2D eigenvalue weighted by Gasteiger charge is 2.07. The van der Waals surface area contributed by atoms with Crippen LogP contribution in [0.4, 0.5) is 0 Å². The number of nitrogens with one attached hydrogen (secondary N) is 2. The van der Waals surface area contributed by atoms with Crippen molar-refractivity contribution in [1.82, 2.24) is 20.4 Å². The summed E-state index contributed by atoms with van der Waals surface area (Å²) >= 11 is 0. The Morgan fingerprint density at radius 3 is 2.60 bits per heavy atom. The molecule has 2 amide bonds. The average molecular weight is 272 g/mol. The molecular weight excluding hydrogens is 256 g/mol. The molecule has 2 N–H and O–H groups in total. The topological polar surface area (TPSA) is 76.0 Å². The molecule has 20 heavy (non-hydrogen) atoms. The summed E-state index contributed by atoms with van der Waals surface area (Å²) in [5.74, 6) is -0.493. The Morgan fingerprint density at radius 1 is 1.25 bits per heavy atom. The van der Waals surface area contributed by atoms with Crippen LogP contribution in [0.3, 0.4) is 0 Å². The lowest BCUT2D eigenvalue weighted by molar-refractivity contribution is -0.119. The first-order valence-electron chi connectivity index (χ1n) is 6.24. The molecule has 0 saturated heterocycles. The lowest BCUT2D eigenvalue weighted by Gasteiger charge is -2.06. The Labute approximate surface area is 116 Å². The predicted octanol–water partition coefficient (Wildman–Crippen LogP) is 0.407. The van der Waals surface area contributed by atoms with E-state index in [9.17, 15) is 9.59 Å². The van der Waals surface area contributed by atoms with Crippen molar-refractivity contribution in [2.75, 3.05) is 13.6 Å². The first-order chi connectivity index (χ1) is 9.69. The van der Waals surface area contributed by atoms with Crippen molar-refractivity contribution < 1.29 is 9.59 Å². The Balaban J connectivity index is 1.93. The highest BCUT2D eigenvalue weighted by molar-refractivity contribution is 5.96. The van der Waals surface area contributed by atoms with Crippen LogP contribution in [0, 0.1) is 0 Å². The van der Waals surface area contributed by atoms with Gasteiger partial charge in [0.2, 0.25) is 5.91 Å². The number of hydrogen-bond donors (Lipinski definition) is 2. The van der Waals surface area contributed by atoms with Crippen LogP contribution in [0.25, 0.3) is 0 Å². The third-order valence-corrected chi connectivity index (χ3v) is 2.81. The van der Waals surface area contributed by atoms with Gasteiger partial charge in [0.15, 0.2) is 0 Å². The number of aromatic nitrogens is 2. The van der Waals surface area contributed by atoms with Gasteiger partial charge in [0.25, 0.3) is 5.91 Å². The SMILES string of the molecule is CNC(=O)CNC(=O)c1ccc(Cn2cccn2)cc1. The average Bonchev–Trinajstić information content (AvgIpc) is 2.98. The zero-order valence-electron chi connectivity index (χ0n) is 11.2. The van der Waals surface area contributed by atoms with Gasteiger partial charge in [-0.05, 0) is 23.8 Å². The van der Waals surface area contributed by atoms with Crippen LogP contribution in [-0.4, -0.2) is 35.2 Å². The van der Waals surface area contributed by atoms with Gasteiger partial charge in [-0.3, -0.25) is 14.3 Å². The smallest absolute Gasteiger partial charge is 0.251 e. The van der Waals surface area contributed by atoms with E-state index in [0.29, 0.717) is 12.1 Å². The lowest BCUT2D eigenvalue weighted by atomic mass is 10.1. The largest absolute Gasteiger partial charge is 0.358 e. The Morgan fingerprint density at radius 2 is 2.00 bits per heavy atom. The summed E-state index contributed by atoms with van der Waals surface area (Å²) in [5.41, 5.74) is 1.58. The third kappa shape index (κ3) is 3.68. The molecule has 0 unspecified atom stereocenters. The summed E-state index contributed by atoms with van der Waals surface area (Å²) in [6.45, 7) is 0.636. The summed E-state index contributed by atoms with van der Waals surface area (Å²) < 4.78 is 1.81. The second kappa shape index (κ2) is 6.51. The van der Waals surface area contributed by atoms with Gasteiger partial charge in [0, 0.05) is 25.0 Å². The van der Waals surface area contributed by atoms with Gasteiger partial charge in [0.05, 0.1) is 13.1 Å². The quantitative estimate of drug-likeness (QED) is 0.827. The number of carbonyl (C=O) groups is 2. The van der Waals surface area contributed by atoms with Gasteiger partial charge in [-0.1, -0.05) is 12.1 Å². The van der Waals surface area contributed by atoms with Crippen molar-refractivity contribution in [3.63, 3.8) is 0 Å². The van der Waals surface area contributed by atoms with Crippen LogP contribution in [0.1, 0.15) is 15.9 Å². The van der Waals surface area contributed by atoms with E-state index in [1.165, 1.54) is 7.05 Å². The van der Waals surface area contributed by atoms with Crippen LogP contribution in [0.2, 0.25) is 0 Å². The fourth-order valence-corrected chi connectivity index (χ4v) is 1.69. The maximum atomic E-state index is 11.8. The molecule has 6 heteroatoms. The molecule has 0 aliphatic rings. The van der Waals surface area contributed by atoms with Crippen LogP contribution in [0.5, 0.6) is 0 Å². The molecular formula is C14H16N4O2. The van der Waals surface area contributed by atoms with E-state index in [1.807, 2.05) is 24.4 Å². The van der Waals surface area contributed by atoms with Crippen LogP contribution in [0.15, 0.2) is 42.7 Å².